The molecule has 1 saturated heterocycles. The van der Waals surface area contributed by atoms with Gasteiger partial charge in [-0.25, -0.2) is 4.98 Å². The van der Waals surface area contributed by atoms with E-state index in [2.05, 4.69) is 46.7 Å². The zero-order valence-electron chi connectivity index (χ0n) is 13.6. The first kappa shape index (κ1) is 14.8. The average Bonchev–Trinajstić information content (AvgIpc) is 3.05. The maximum Gasteiger partial charge on any atom is 0.227 e. The molecule has 1 fully saturated rings. The van der Waals surface area contributed by atoms with E-state index in [1.54, 1.807) is 6.20 Å². The van der Waals surface area contributed by atoms with E-state index in [1.165, 1.54) is 18.4 Å². The Kier molecular flexibility index (Phi) is 4.22. The van der Waals surface area contributed by atoms with Gasteiger partial charge in [0.25, 0.3) is 0 Å². The summed E-state index contributed by atoms with van der Waals surface area (Å²) < 4.78 is 0. The highest BCUT2D eigenvalue weighted by Gasteiger charge is 2.19. The van der Waals surface area contributed by atoms with E-state index in [9.17, 15) is 0 Å². The molecule has 0 bridgehead atoms. The lowest BCUT2D eigenvalue weighted by atomic mass is 10.2. The van der Waals surface area contributed by atoms with Crippen molar-refractivity contribution in [2.24, 2.45) is 0 Å². The van der Waals surface area contributed by atoms with Gasteiger partial charge in [0.05, 0.1) is 0 Å². The monoisotopic (exact) mass is 297 g/mol. The number of rotatable bonds is 4. The van der Waals surface area contributed by atoms with Crippen molar-refractivity contribution in [3.05, 3.63) is 41.3 Å². The van der Waals surface area contributed by atoms with Gasteiger partial charge in [0.2, 0.25) is 5.95 Å². The number of aromatic nitrogens is 3. The lowest BCUT2D eigenvalue weighted by Crippen LogP contribution is -2.25. The molecule has 0 aromatic carbocycles. The fraction of sp³-hybridized carbons (Fsp3) is 0.471. The number of aryl methyl sites for hydroxylation is 1. The van der Waals surface area contributed by atoms with E-state index in [1.807, 2.05) is 12.3 Å². The van der Waals surface area contributed by atoms with E-state index < -0.39 is 0 Å². The van der Waals surface area contributed by atoms with Crippen molar-refractivity contribution in [1.82, 2.24) is 15.0 Å². The van der Waals surface area contributed by atoms with Crippen molar-refractivity contribution in [1.29, 1.82) is 0 Å². The molecule has 1 aliphatic heterocycles. The Morgan fingerprint density at radius 1 is 1.18 bits per heavy atom. The van der Waals surface area contributed by atoms with Gasteiger partial charge >= 0.3 is 0 Å². The molecule has 5 nitrogen and oxygen atoms in total. The van der Waals surface area contributed by atoms with Crippen LogP contribution in [-0.2, 0) is 6.54 Å². The Labute approximate surface area is 132 Å². The van der Waals surface area contributed by atoms with Crippen LogP contribution in [0.5, 0.6) is 0 Å². The van der Waals surface area contributed by atoms with Gasteiger partial charge < -0.3 is 9.80 Å². The van der Waals surface area contributed by atoms with Crippen LogP contribution in [0.25, 0.3) is 0 Å². The second-order valence-corrected chi connectivity index (χ2v) is 5.97. The van der Waals surface area contributed by atoms with Gasteiger partial charge in [0.1, 0.15) is 5.82 Å². The molecule has 1 aliphatic rings. The van der Waals surface area contributed by atoms with Gasteiger partial charge in [0.15, 0.2) is 0 Å². The second kappa shape index (κ2) is 6.30. The van der Waals surface area contributed by atoms with Crippen LogP contribution in [0.2, 0.25) is 0 Å². The summed E-state index contributed by atoms with van der Waals surface area (Å²) in [6, 6.07) is 4.06. The number of pyridine rings is 1. The topological polar surface area (TPSA) is 45.2 Å². The molecule has 3 rings (SSSR count). The number of hydrogen-bond acceptors (Lipinski definition) is 5. The van der Waals surface area contributed by atoms with Crippen molar-refractivity contribution >= 4 is 11.8 Å². The lowest BCUT2D eigenvalue weighted by Gasteiger charge is -2.24. The van der Waals surface area contributed by atoms with E-state index >= 15 is 0 Å². The Hall–Kier alpha value is -2.17. The van der Waals surface area contributed by atoms with Crippen LogP contribution in [0.4, 0.5) is 11.8 Å². The van der Waals surface area contributed by atoms with Gasteiger partial charge in [-0.3, -0.25) is 4.98 Å². The Morgan fingerprint density at radius 2 is 1.95 bits per heavy atom. The Morgan fingerprint density at radius 3 is 2.64 bits per heavy atom. The number of hydrogen-bond donors (Lipinski definition) is 0. The smallest absolute Gasteiger partial charge is 0.227 e. The van der Waals surface area contributed by atoms with Gasteiger partial charge in [0, 0.05) is 50.3 Å². The minimum Gasteiger partial charge on any atom is -0.355 e. The van der Waals surface area contributed by atoms with E-state index in [-0.39, 0.29) is 0 Å². The maximum atomic E-state index is 4.83. The van der Waals surface area contributed by atoms with Crippen LogP contribution >= 0.6 is 0 Å². The minimum atomic E-state index is 0.796. The quantitative estimate of drug-likeness (QED) is 0.868. The summed E-state index contributed by atoms with van der Waals surface area (Å²) in [4.78, 5) is 18.2. The summed E-state index contributed by atoms with van der Waals surface area (Å²) in [5.41, 5.74) is 3.39. The molecule has 0 radical (unpaired) electrons. The van der Waals surface area contributed by atoms with Crippen molar-refractivity contribution in [2.45, 2.75) is 33.2 Å². The molecule has 0 atom stereocenters. The molecule has 0 amide bonds. The molecule has 116 valence electrons. The largest absolute Gasteiger partial charge is 0.355 e. The molecule has 3 heterocycles. The molecule has 0 spiro atoms. The number of anilines is 2. The van der Waals surface area contributed by atoms with Gasteiger partial charge in [-0.05, 0) is 38.3 Å². The first-order valence-corrected chi connectivity index (χ1v) is 7.85. The van der Waals surface area contributed by atoms with Crippen LogP contribution in [-0.4, -0.2) is 35.1 Å². The van der Waals surface area contributed by atoms with Gasteiger partial charge in [-0.1, -0.05) is 6.07 Å². The van der Waals surface area contributed by atoms with Crippen molar-refractivity contribution in [2.75, 3.05) is 29.9 Å². The molecule has 22 heavy (non-hydrogen) atoms. The molecule has 5 heteroatoms. The van der Waals surface area contributed by atoms with Crippen LogP contribution in [0.3, 0.4) is 0 Å². The highest BCUT2D eigenvalue weighted by Crippen LogP contribution is 2.25. The maximum absolute atomic E-state index is 4.83. The molecular formula is C17H23N5. The summed E-state index contributed by atoms with van der Waals surface area (Å²) >= 11 is 0. The molecule has 2 aromatic rings. The number of nitrogens with zero attached hydrogens (tertiary/aromatic N) is 5. The zero-order chi connectivity index (χ0) is 15.5. The fourth-order valence-electron chi connectivity index (χ4n) is 2.87. The highest BCUT2D eigenvalue weighted by atomic mass is 15.3. The molecule has 0 N–H and O–H groups in total. The predicted octanol–water partition coefficient (Wildman–Crippen LogP) is 2.73. The van der Waals surface area contributed by atoms with Crippen LogP contribution in [0, 0.1) is 13.8 Å². The fourth-order valence-corrected chi connectivity index (χ4v) is 2.87. The summed E-state index contributed by atoms with van der Waals surface area (Å²) in [5.74, 6) is 1.88. The molecule has 0 aliphatic carbocycles. The summed E-state index contributed by atoms with van der Waals surface area (Å²) in [6.45, 7) is 7.09. The van der Waals surface area contributed by atoms with Crippen LogP contribution in [0.1, 0.15) is 29.7 Å². The molecule has 0 unspecified atom stereocenters. The molecular weight excluding hydrogens is 274 g/mol. The predicted molar refractivity (Wildman–Crippen MR) is 89.3 cm³/mol. The van der Waals surface area contributed by atoms with Crippen molar-refractivity contribution < 1.29 is 0 Å². The lowest BCUT2D eigenvalue weighted by molar-refractivity contribution is 0.839. The van der Waals surface area contributed by atoms with Gasteiger partial charge in [-0.2, -0.15) is 4.98 Å². The molecule has 0 saturated carbocycles. The first-order chi connectivity index (χ1) is 10.6. The third-order valence-corrected chi connectivity index (χ3v) is 4.24. The zero-order valence-corrected chi connectivity index (χ0v) is 13.6. The van der Waals surface area contributed by atoms with Crippen molar-refractivity contribution in [3.8, 4) is 0 Å². The third-order valence-electron chi connectivity index (χ3n) is 4.24. The Balaban J connectivity index is 1.88. The summed E-state index contributed by atoms with van der Waals surface area (Å²) in [7, 11) is 2.08. The van der Waals surface area contributed by atoms with Crippen LogP contribution < -0.4 is 9.80 Å². The third kappa shape index (κ3) is 3.03. The SMILES string of the molecule is Cc1nc(N2CCCC2)nc(N(C)Cc2cccnc2)c1C. The highest BCUT2D eigenvalue weighted by molar-refractivity contribution is 5.52. The summed E-state index contributed by atoms with van der Waals surface area (Å²) in [6.07, 6.45) is 6.17. The molecule has 2 aromatic heterocycles. The minimum absolute atomic E-state index is 0.796. The first-order valence-electron chi connectivity index (χ1n) is 7.85. The van der Waals surface area contributed by atoms with E-state index in [0.717, 1.165) is 42.7 Å². The average molecular weight is 297 g/mol. The summed E-state index contributed by atoms with van der Waals surface area (Å²) in [5, 5.41) is 0. The normalized spacial score (nSPS) is 14.4. The standard InChI is InChI=1S/C17H23N5/c1-13-14(2)19-17(22-9-4-5-10-22)20-16(13)21(3)12-15-7-6-8-18-11-15/h6-8,11H,4-5,9-10,12H2,1-3H3. The van der Waals surface area contributed by atoms with E-state index in [4.69, 9.17) is 4.98 Å². The van der Waals surface area contributed by atoms with Crippen LogP contribution in [0.15, 0.2) is 24.5 Å². The second-order valence-electron chi connectivity index (χ2n) is 5.97. The Bertz CT molecular complexity index is 635. The van der Waals surface area contributed by atoms with Gasteiger partial charge in [-0.15, -0.1) is 0 Å². The van der Waals surface area contributed by atoms with E-state index in [0.29, 0.717) is 0 Å². The van der Waals surface area contributed by atoms with Crippen molar-refractivity contribution in [3.63, 3.8) is 0 Å².